The Morgan fingerprint density at radius 3 is 2.48 bits per heavy atom. The van der Waals surface area contributed by atoms with Crippen LogP contribution in [0.15, 0.2) is 24.3 Å². The second-order valence-corrected chi connectivity index (χ2v) is 5.55. The van der Waals surface area contributed by atoms with Gasteiger partial charge in [-0.15, -0.1) is 0 Å². The molecule has 0 bridgehead atoms. The van der Waals surface area contributed by atoms with E-state index in [2.05, 4.69) is 24.2 Å². The van der Waals surface area contributed by atoms with Crippen molar-refractivity contribution in [3.05, 3.63) is 29.8 Å². The molecule has 1 aliphatic rings. The Morgan fingerprint density at radius 1 is 1.24 bits per heavy atom. The van der Waals surface area contributed by atoms with Crippen molar-refractivity contribution in [2.24, 2.45) is 0 Å². The summed E-state index contributed by atoms with van der Waals surface area (Å²) in [6.07, 6.45) is 1.04. The molecule has 2 amide bonds. The average molecular weight is 289 g/mol. The molecular formula is C16H23N3O2. The van der Waals surface area contributed by atoms with Crippen LogP contribution in [0, 0.1) is 0 Å². The molecule has 1 saturated heterocycles. The topological polar surface area (TPSA) is 52.7 Å². The monoisotopic (exact) mass is 289 g/mol. The number of rotatable bonds is 3. The van der Waals surface area contributed by atoms with Gasteiger partial charge in [0.2, 0.25) is 0 Å². The lowest BCUT2D eigenvalue weighted by atomic mass is 10.1. The maximum absolute atomic E-state index is 12.3. The van der Waals surface area contributed by atoms with Crippen molar-refractivity contribution in [1.82, 2.24) is 9.80 Å². The molecule has 5 nitrogen and oxygen atoms in total. The van der Waals surface area contributed by atoms with Gasteiger partial charge in [0, 0.05) is 36.9 Å². The number of hydrogen-bond donors (Lipinski definition) is 1. The van der Waals surface area contributed by atoms with Crippen molar-refractivity contribution in [2.45, 2.75) is 26.3 Å². The smallest absolute Gasteiger partial charge is 0.321 e. The standard InChI is InChI=1S/C16H23N3O2/c1-4-15-11-19(10-9-18(15)3)16(21)17-14-7-5-13(6-8-14)12(2)20/h5-8,15H,4,9-11H2,1-3H3,(H,17,21). The zero-order chi connectivity index (χ0) is 15.4. The summed E-state index contributed by atoms with van der Waals surface area (Å²) in [6, 6.07) is 7.35. The first-order chi connectivity index (χ1) is 10.0. The van der Waals surface area contributed by atoms with E-state index in [1.54, 1.807) is 24.3 Å². The van der Waals surface area contributed by atoms with E-state index in [1.165, 1.54) is 6.92 Å². The summed E-state index contributed by atoms with van der Waals surface area (Å²) in [7, 11) is 2.10. The van der Waals surface area contributed by atoms with E-state index in [9.17, 15) is 9.59 Å². The second-order valence-electron chi connectivity index (χ2n) is 5.55. The van der Waals surface area contributed by atoms with Gasteiger partial charge in [0.15, 0.2) is 5.78 Å². The van der Waals surface area contributed by atoms with Crippen LogP contribution in [0.2, 0.25) is 0 Å². The van der Waals surface area contributed by atoms with Gasteiger partial charge in [-0.25, -0.2) is 4.79 Å². The third-order valence-corrected chi connectivity index (χ3v) is 4.08. The predicted molar refractivity (Wildman–Crippen MR) is 83.7 cm³/mol. The zero-order valence-corrected chi connectivity index (χ0v) is 12.9. The molecule has 0 aliphatic carbocycles. The first kappa shape index (κ1) is 15.5. The third kappa shape index (κ3) is 3.82. The lowest BCUT2D eigenvalue weighted by Gasteiger charge is -2.39. The minimum atomic E-state index is -0.0721. The lowest BCUT2D eigenvalue weighted by Crippen LogP contribution is -2.53. The highest BCUT2D eigenvalue weighted by Gasteiger charge is 2.25. The number of benzene rings is 1. The van der Waals surface area contributed by atoms with E-state index >= 15 is 0 Å². The number of hydrogen-bond acceptors (Lipinski definition) is 3. The number of likely N-dealkylation sites (N-methyl/N-ethyl adjacent to an activating group) is 1. The first-order valence-electron chi connectivity index (χ1n) is 7.38. The SMILES string of the molecule is CCC1CN(C(=O)Nc2ccc(C(C)=O)cc2)CCN1C. The van der Waals surface area contributed by atoms with Gasteiger partial charge >= 0.3 is 6.03 Å². The minimum Gasteiger partial charge on any atom is -0.322 e. The van der Waals surface area contributed by atoms with Crippen molar-refractivity contribution >= 4 is 17.5 Å². The molecule has 5 heteroatoms. The summed E-state index contributed by atoms with van der Waals surface area (Å²) in [4.78, 5) is 27.7. The lowest BCUT2D eigenvalue weighted by molar-refractivity contribution is 0.101. The number of carbonyl (C=O) groups excluding carboxylic acids is 2. The predicted octanol–water partition coefficient (Wildman–Crippen LogP) is 2.45. The van der Waals surface area contributed by atoms with Crippen LogP contribution in [0.4, 0.5) is 10.5 Å². The van der Waals surface area contributed by atoms with Gasteiger partial charge in [0.25, 0.3) is 0 Å². The van der Waals surface area contributed by atoms with Crippen LogP contribution >= 0.6 is 0 Å². The van der Waals surface area contributed by atoms with Gasteiger partial charge < -0.3 is 10.2 Å². The number of nitrogens with zero attached hydrogens (tertiary/aromatic N) is 2. The first-order valence-corrected chi connectivity index (χ1v) is 7.38. The van der Waals surface area contributed by atoms with Crippen molar-refractivity contribution in [2.75, 3.05) is 32.0 Å². The van der Waals surface area contributed by atoms with Gasteiger partial charge in [-0.1, -0.05) is 6.92 Å². The Balaban J connectivity index is 1.96. The van der Waals surface area contributed by atoms with Crippen molar-refractivity contribution < 1.29 is 9.59 Å². The summed E-state index contributed by atoms with van der Waals surface area (Å²) in [5.74, 6) is 0.0257. The number of ketones is 1. The number of Topliss-reactive ketones (excluding diaryl/α,β-unsaturated/α-hetero) is 1. The van der Waals surface area contributed by atoms with E-state index in [-0.39, 0.29) is 11.8 Å². The molecule has 1 aliphatic heterocycles. The van der Waals surface area contributed by atoms with E-state index in [0.717, 1.165) is 31.7 Å². The molecule has 0 radical (unpaired) electrons. The van der Waals surface area contributed by atoms with Crippen LogP contribution in [0.3, 0.4) is 0 Å². The molecule has 1 unspecified atom stereocenters. The highest BCUT2D eigenvalue weighted by atomic mass is 16.2. The molecule has 1 aromatic rings. The molecule has 0 spiro atoms. The van der Waals surface area contributed by atoms with Crippen molar-refractivity contribution in [3.8, 4) is 0 Å². The van der Waals surface area contributed by atoms with Crippen LogP contribution in [-0.2, 0) is 0 Å². The Bertz CT molecular complexity index is 513. The van der Waals surface area contributed by atoms with Gasteiger partial charge in [-0.05, 0) is 44.7 Å². The van der Waals surface area contributed by atoms with Gasteiger partial charge in [-0.2, -0.15) is 0 Å². The van der Waals surface area contributed by atoms with E-state index < -0.39 is 0 Å². The molecule has 1 heterocycles. The average Bonchev–Trinajstić information content (AvgIpc) is 2.48. The van der Waals surface area contributed by atoms with Gasteiger partial charge in [0.1, 0.15) is 0 Å². The minimum absolute atomic E-state index is 0.0257. The number of carbonyl (C=O) groups is 2. The van der Waals surface area contributed by atoms with Gasteiger partial charge in [-0.3, -0.25) is 9.69 Å². The number of amides is 2. The summed E-state index contributed by atoms with van der Waals surface area (Å²) in [5, 5.41) is 2.89. The maximum atomic E-state index is 12.3. The fourth-order valence-corrected chi connectivity index (χ4v) is 2.56. The molecule has 1 fully saturated rings. The molecule has 1 aromatic carbocycles. The second kappa shape index (κ2) is 6.72. The molecular weight excluding hydrogens is 266 g/mol. The zero-order valence-electron chi connectivity index (χ0n) is 12.9. The Labute approximate surface area is 125 Å². The van der Waals surface area contributed by atoms with Crippen molar-refractivity contribution in [3.63, 3.8) is 0 Å². The number of urea groups is 1. The van der Waals surface area contributed by atoms with Crippen LogP contribution in [0.25, 0.3) is 0 Å². The number of nitrogens with one attached hydrogen (secondary N) is 1. The molecule has 0 saturated carbocycles. The van der Waals surface area contributed by atoms with E-state index in [0.29, 0.717) is 11.6 Å². The molecule has 1 atom stereocenters. The fraction of sp³-hybridized carbons (Fsp3) is 0.500. The summed E-state index contributed by atoms with van der Waals surface area (Å²) < 4.78 is 0. The van der Waals surface area contributed by atoms with E-state index in [1.807, 2.05) is 4.90 Å². The normalized spacial score (nSPS) is 19.4. The molecule has 114 valence electrons. The summed E-state index contributed by atoms with van der Waals surface area (Å²) in [5.41, 5.74) is 1.37. The highest BCUT2D eigenvalue weighted by Crippen LogP contribution is 2.14. The third-order valence-electron chi connectivity index (χ3n) is 4.08. The Hall–Kier alpha value is -1.88. The maximum Gasteiger partial charge on any atom is 0.321 e. The fourth-order valence-electron chi connectivity index (χ4n) is 2.56. The largest absolute Gasteiger partial charge is 0.322 e. The Morgan fingerprint density at radius 2 is 1.90 bits per heavy atom. The van der Waals surface area contributed by atoms with Crippen molar-refractivity contribution in [1.29, 1.82) is 0 Å². The Kier molecular flexibility index (Phi) is 4.96. The summed E-state index contributed by atoms with van der Waals surface area (Å²) in [6.45, 7) is 6.07. The highest BCUT2D eigenvalue weighted by molar-refractivity contribution is 5.95. The number of piperazine rings is 1. The quantitative estimate of drug-likeness (QED) is 0.870. The van der Waals surface area contributed by atoms with Crippen LogP contribution in [0.5, 0.6) is 0 Å². The molecule has 2 rings (SSSR count). The van der Waals surface area contributed by atoms with E-state index in [4.69, 9.17) is 0 Å². The molecule has 0 aromatic heterocycles. The van der Waals surface area contributed by atoms with Crippen LogP contribution < -0.4 is 5.32 Å². The van der Waals surface area contributed by atoms with Crippen LogP contribution in [0.1, 0.15) is 30.6 Å². The molecule has 1 N–H and O–H groups in total. The van der Waals surface area contributed by atoms with Crippen LogP contribution in [-0.4, -0.2) is 54.3 Å². The summed E-state index contributed by atoms with van der Waals surface area (Å²) >= 11 is 0. The van der Waals surface area contributed by atoms with Gasteiger partial charge in [0.05, 0.1) is 0 Å². The number of anilines is 1. The molecule has 21 heavy (non-hydrogen) atoms.